The van der Waals surface area contributed by atoms with Crippen LogP contribution in [0.1, 0.15) is 17.2 Å². The standard InChI is InChI=1S/C17H14N2O3S/c20-17(21)22-14-11-18-16(23)19(14)15(12-7-3-1-4-8-12)13-9-5-2-6-10-13/h1-11,15H,(H,18,23)(H,20,21). The quantitative estimate of drug-likeness (QED) is 0.564. The van der Waals surface area contributed by atoms with Crippen molar-refractivity contribution in [2.45, 2.75) is 11.2 Å². The van der Waals surface area contributed by atoms with Gasteiger partial charge in [-0.1, -0.05) is 60.7 Å². The Bertz CT molecular complexity index is 764. The maximum absolute atomic E-state index is 10.9. The predicted octanol–water partition coefficient (Wildman–Crippen LogP) is 3.87. The summed E-state index contributed by atoms with van der Waals surface area (Å²) in [5.74, 6) is 0.125. The highest BCUT2D eigenvalue weighted by Gasteiger charge is 2.23. The molecule has 1 N–H and O–H groups in total. The largest absolute Gasteiger partial charge is 0.512 e. The van der Waals surface area contributed by atoms with Gasteiger partial charge in [-0.25, -0.2) is 9.78 Å². The summed E-state index contributed by atoms with van der Waals surface area (Å²) in [7, 11) is 0. The number of rotatable bonds is 4. The number of ether oxygens (including phenoxy) is 1. The second kappa shape index (κ2) is 6.58. The van der Waals surface area contributed by atoms with Crippen LogP contribution in [-0.2, 0) is 0 Å². The van der Waals surface area contributed by atoms with Crippen molar-refractivity contribution < 1.29 is 14.6 Å². The van der Waals surface area contributed by atoms with Gasteiger partial charge in [-0.3, -0.25) is 4.57 Å². The van der Waals surface area contributed by atoms with Gasteiger partial charge < -0.3 is 9.84 Å². The molecule has 5 nitrogen and oxygen atoms in total. The molecule has 0 aliphatic heterocycles. The van der Waals surface area contributed by atoms with E-state index in [1.165, 1.54) is 6.20 Å². The van der Waals surface area contributed by atoms with Gasteiger partial charge in [-0.05, 0) is 11.1 Å². The van der Waals surface area contributed by atoms with E-state index in [1.807, 2.05) is 60.7 Å². The van der Waals surface area contributed by atoms with Crippen molar-refractivity contribution in [3.8, 4) is 5.88 Å². The Morgan fingerprint density at radius 2 is 1.57 bits per heavy atom. The van der Waals surface area contributed by atoms with Crippen LogP contribution in [0.2, 0.25) is 0 Å². The van der Waals surface area contributed by atoms with E-state index in [2.05, 4.69) is 17.6 Å². The monoisotopic (exact) mass is 326 g/mol. The molecule has 6 heteroatoms. The Balaban J connectivity index is 2.17. The highest BCUT2D eigenvalue weighted by Crippen LogP contribution is 2.33. The highest BCUT2D eigenvalue weighted by molar-refractivity contribution is 7.80. The minimum atomic E-state index is -1.39. The zero-order chi connectivity index (χ0) is 16.2. The maximum atomic E-state index is 10.9. The molecule has 1 heterocycles. The van der Waals surface area contributed by atoms with E-state index in [0.717, 1.165) is 11.1 Å². The van der Waals surface area contributed by atoms with Gasteiger partial charge in [0.1, 0.15) is 0 Å². The molecule has 2 aromatic carbocycles. The lowest BCUT2D eigenvalue weighted by Gasteiger charge is -2.22. The van der Waals surface area contributed by atoms with Gasteiger partial charge in [0.15, 0.2) is 5.16 Å². The van der Waals surface area contributed by atoms with Gasteiger partial charge in [0.25, 0.3) is 0 Å². The van der Waals surface area contributed by atoms with E-state index in [9.17, 15) is 4.79 Å². The molecule has 0 fully saturated rings. The van der Waals surface area contributed by atoms with E-state index in [-0.39, 0.29) is 11.9 Å². The summed E-state index contributed by atoms with van der Waals surface area (Å²) in [6, 6.07) is 19.1. The topological polar surface area (TPSA) is 64.3 Å². The van der Waals surface area contributed by atoms with Gasteiger partial charge in [0, 0.05) is 0 Å². The molecular formula is C17H14N2O3S. The van der Waals surface area contributed by atoms with Crippen molar-refractivity contribution in [1.29, 1.82) is 0 Å². The molecule has 1 aromatic heterocycles. The second-order valence-corrected chi connectivity index (χ2v) is 5.26. The van der Waals surface area contributed by atoms with E-state index in [1.54, 1.807) is 4.57 Å². The average Bonchev–Trinajstić information content (AvgIpc) is 2.90. The third-order valence-corrected chi connectivity index (χ3v) is 3.76. The predicted molar refractivity (Wildman–Crippen MR) is 88.3 cm³/mol. The van der Waals surface area contributed by atoms with Crippen LogP contribution >= 0.6 is 12.6 Å². The number of carbonyl (C=O) groups is 1. The van der Waals surface area contributed by atoms with Crippen LogP contribution in [0.15, 0.2) is 72.0 Å². The van der Waals surface area contributed by atoms with Crippen LogP contribution in [-0.4, -0.2) is 20.8 Å². The number of thiol groups is 1. The minimum absolute atomic E-state index is 0.125. The first-order valence-corrected chi connectivity index (χ1v) is 7.38. The van der Waals surface area contributed by atoms with Crippen molar-refractivity contribution in [2.75, 3.05) is 0 Å². The molecule has 0 spiro atoms. The fraction of sp³-hybridized carbons (Fsp3) is 0.0588. The normalized spacial score (nSPS) is 10.7. The molecule has 3 rings (SSSR count). The summed E-state index contributed by atoms with van der Waals surface area (Å²) in [6.07, 6.45) is -0.0330. The highest BCUT2D eigenvalue weighted by atomic mass is 32.1. The van der Waals surface area contributed by atoms with E-state index in [4.69, 9.17) is 9.84 Å². The molecule has 116 valence electrons. The summed E-state index contributed by atoms with van der Waals surface area (Å²) in [5, 5.41) is 9.31. The number of aromatic nitrogens is 2. The summed E-state index contributed by atoms with van der Waals surface area (Å²) in [6.45, 7) is 0. The minimum Gasteiger partial charge on any atom is -0.449 e. The summed E-state index contributed by atoms with van der Waals surface area (Å²) in [4.78, 5) is 15.0. The number of nitrogens with zero attached hydrogens (tertiary/aromatic N) is 2. The molecule has 0 atom stereocenters. The SMILES string of the molecule is O=C(O)Oc1cnc(S)n1C(c1ccccc1)c1ccccc1. The molecule has 0 aliphatic carbocycles. The number of hydrogen-bond donors (Lipinski definition) is 2. The lowest BCUT2D eigenvalue weighted by Crippen LogP contribution is -2.16. The Morgan fingerprint density at radius 3 is 2.04 bits per heavy atom. The zero-order valence-electron chi connectivity index (χ0n) is 12.0. The molecular weight excluding hydrogens is 312 g/mol. The van der Waals surface area contributed by atoms with E-state index >= 15 is 0 Å². The van der Waals surface area contributed by atoms with Crippen LogP contribution in [0.3, 0.4) is 0 Å². The number of imidazole rings is 1. The first-order valence-electron chi connectivity index (χ1n) is 6.93. The van der Waals surface area contributed by atoms with E-state index < -0.39 is 6.16 Å². The van der Waals surface area contributed by atoms with Crippen LogP contribution in [0, 0.1) is 0 Å². The lowest BCUT2D eigenvalue weighted by atomic mass is 9.98. The molecule has 0 bridgehead atoms. The Labute approximate surface area is 138 Å². The lowest BCUT2D eigenvalue weighted by molar-refractivity contribution is 0.140. The molecule has 0 saturated carbocycles. The summed E-state index contributed by atoms with van der Waals surface area (Å²) in [5.41, 5.74) is 1.95. The summed E-state index contributed by atoms with van der Waals surface area (Å²) >= 11 is 4.36. The molecule has 3 aromatic rings. The Kier molecular flexibility index (Phi) is 4.34. The zero-order valence-corrected chi connectivity index (χ0v) is 12.9. The van der Waals surface area contributed by atoms with Crippen molar-refractivity contribution >= 4 is 18.8 Å². The smallest absolute Gasteiger partial charge is 0.449 e. The second-order valence-electron chi connectivity index (χ2n) is 4.86. The molecule has 0 amide bonds. The summed E-state index contributed by atoms with van der Waals surface area (Å²) < 4.78 is 6.51. The van der Waals surface area contributed by atoms with Crippen molar-refractivity contribution in [1.82, 2.24) is 9.55 Å². The number of carboxylic acid groups (broad SMARTS) is 1. The van der Waals surface area contributed by atoms with Crippen molar-refractivity contribution in [3.05, 3.63) is 78.0 Å². The third-order valence-electron chi connectivity index (χ3n) is 3.42. The Morgan fingerprint density at radius 1 is 1.04 bits per heavy atom. The van der Waals surface area contributed by atoms with Crippen LogP contribution in [0.5, 0.6) is 5.88 Å². The van der Waals surface area contributed by atoms with Gasteiger partial charge in [-0.15, -0.1) is 12.6 Å². The molecule has 23 heavy (non-hydrogen) atoms. The molecule has 0 saturated heterocycles. The van der Waals surface area contributed by atoms with Crippen molar-refractivity contribution in [3.63, 3.8) is 0 Å². The van der Waals surface area contributed by atoms with Crippen molar-refractivity contribution in [2.24, 2.45) is 0 Å². The van der Waals surface area contributed by atoms with Gasteiger partial charge >= 0.3 is 6.16 Å². The first kappa shape index (κ1) is 15.2. The van der Waals surface area contributed by atoms with Gasteiger partial charge in [0.2, 0.25) is 5.88 Å². The van der Waals surface area contributed by atoms with E-state index in [0.29, 0.717) is 5.16 Å². The van der Waals surface area contributed by atoms with Gasteiger partial charge in [0.05, 0.1) is 12.2 Å². The number of benzene rings is 2. The molecule has 0 unspecified atom stereocenters. The van der Waals surface area contributed by atoms with Crippen LogP contribution in [0.4, 0.5) is 4.79 Å². The van der Waals surface area contributed by atoms with Gasteiger partial charge in [-0.2, -0.15) is 0 Å². The maximum Gasteiger partial charge on any atom is 0.512 e. The fourth-order valence-corrected chi connectivity index (χ4v) is 2.78. The first-order chi connectivity index (χ1) is 11.2. The molecule has 0 radical (unpaired) electrons. The third kappa shape index (κ3) is 3.22. The van der Waals surface area contributed by atoms with Crippen LogP contribution in [0.25, 0.3) is 0 Å². The molecule has 0 aliphatic rings. The van der Waals surface area contributed by atoms with Crippen LogP contribution < -0.4 is 4.74 Å². The average molecular weight is 326 g/mol. The fourth-order valence-electron chi connectivity index (χ4n) is 2.50. The number of hydrogen-bond acceptors (Lipinski definition) is 4. The Hall–Kier alpha value is -2.73.